The van der Waals surface area contributed by atoms with Crippen LogP contribution in [0.1, 0.15) is 58.7 Å². The van der Waals surface area contributed by atoms with Crippen molar-refractivity contribution in [2.45, 2.75) is 53.0 Å². The van der Waals surface area contributed by atoms with E-state index < -0.39 is 12.0 Å². The number of para-hydroxylation sites is 1. The zero-order chi connectivity index (χ0) is 26.5. The average Bonchev–Trinajstić information content (AvgIpc) is 3.26. The van der Waals surface area contributed by atoms with Crippen LogP contribution in [-0.4, -0.2) is 28.0 Å². The van der Waals surface area contributed by atoms with Crippen molar-refractivity contribution in [2.75, 3.05) is 11.9 Å². The lowest BCUT2D eigenvalue weighted by Gasteiger charge is -2.18. The third-order valence-corrected chi connectivity index (χ3v) is 7.75. The van der Waals surface area contributed by atoms with E-state index in [9.17, 15) is 14.4 Å². The van der Waals surface area contributed by atoms with Crippen LogP contribution in [0.5, 0.6) is 0 Å². The Kier molecular flexibility index (Phi) is 8.18. The van der Waals surface area contributed by atoms with Crippen molar-refractivity contribution < 1.29 is 14.3 Å². The summed E-state index contributed by atoms with van der Waals surface area (Å²) < 4.78 is 6.80. The van der Waals surface area contributed by atoms with Crippen molar-refractivity contribution in [3.05, 3.63) is 92.3 Å². The summed E-state index contributed by atoms with van der Waals surface area (Å²) in [5.41, 5.74) is 4.14. The first kappa shape index (κ1) is 26.3. The van der Waals surface area contributed by atoms with E-state index in [4.69, 9.17) is 4.74 Å². The number of thiophene rings is 1. The molecule has 37 heavy (non-hydrogen) atoms. The largest absolute Gasteiger partial charge is 0.461 e. The normalized spacial score (nSPS) is 11.9. The number of benzene rings is 2. The summed E-state index contributed by atoms with van der Waals surface area (Å²) in [6.07, 6.45) is 3.55. The Bertz CT molecular complexity index is 1470. The quantitative estimate of drug-likeness (QED) is 0.297. The Morgan fingerprint density at radius 1 is 1.05 bits per heavy atom. The molecule has 0 aliphatic carbocycles. The molecule has 4 aromatic rings. The van der Waals surface area contributed by atoms with Crippen LogP contribution in [0.4, 0.5) is 5.69 Å². The van der Waals surface area contributed by atoms with Gasteiger partial charge in [-0.25, -0.2) is 9.78 Å². The standard InChI is InChI=1S/C29H31N3O4S/c1-5-21-13-10-14-22(6-2)24(21)31-26(33)19(4)32-17-30-27-23(28(32)34)18(3)25(37-27)29(35)36-16-15-20-11-8-7-9-12-20/h7-14,17,19H,5-6,15-16H2,1-4H3,(H,31,33). The summed E-state index contributed by atoms with van der Waals surface area (Å²) in [5.74, 6) is -0.774. The molecule has 1 atom stereocenters. The van der Waals surface area contributed by atoms with Crippen molar-refractivity contribution in [1.82, 2.24) is 9.55 Å². The number of rotatable bonds is 9. The number of ether oxygens (including phenoxy) is 1. The van der Waals surface area contributed by atoms with Gasteiger partial charge in [0.05, 0.1) is 18.3 Å². The van der Waals surface area contributed by atoms with E-state index in [1.807, 2.05) is 62.4 Å². The first-order valence-corrected chi connectivity index (χ1v) is 13.3. The van der Waals surface area contributed by atoms with Gasteiger partial charge in [-0.2, -0.15) is 0 Å². The first-order chi connectivity index (χ1) is 17.8. The number of aromatic nitrogens is 2. The Morgan fingerprint density at radius 2 is 1.73 bits per heavy atom. The summed E-state index contributed by atoms with van der Waals surface area (Å²) in [5, 5.41) is 3.37. The summed E-state index contributed by atoms with van der Waals surface area (Å²) in [6.45, 7) is 7.71. The van der Waals surface area contributed by atoms with Crippen LogP contribution >= 0.6 is 11.3 Å². The zero-order valence-electron chi connectivity index (χ0n) is 21.5. The fourth-order valence-corrected chi connectivity index (χ4v) is 5.37. The van der Waals surface area contributed by atoms with Gasteiger partial charge in [-0.05, 0) is 48.9 Å². The second kappa shape index (κ2) is 11.5. The monoisotopic (exact) mass is 517 g/mol. The fraction of sp³-hybridized carbons (Fsp3) is 0.310. The second-order valence-electron chi connectivity index (χ2n) is 8.89. The Morgan fingerprint density at radius 3 is 2.38 bits per heavy atom. The Balaban J connectivity index is 1.55. The van der Waals surface area contributed by atoms with E-state index in [2.05, 4.69) is 10.3 Å². The maximum atomic E-state index is 13.4. The van der Waals surface area contributed by atoms with Gasteiger partial charge in [0, 0.05) is 12.1 Å². The molecule has 0 saturated heterocycles. The van der Waals surface area contributed by atoms with Gasteiger partial charge in [0.15, 0.2) is 0 Å². The number of nitrogens with zero attached hydrogens (tertiary/aromatic N) is 2. The highest BCUT2D eigenvalue weighted by Crippen LogP contribution is 2.28. The van der Waals surface area contributed by atoms with Crippen LogP contribution < -0.4 is 10.9 Å². The molecule has 0 fully saturated rings. The molecular weight excluding hydrogens is 486 g/mol. The number of amides is 1. The van der Waals surface area contributed by atoms with Gasteiger partial charge in [-0.15, -0.1) is 11.3 Å². The van der Waals surface area contributed by atoms with Gasteiger partial charge in [0.1, 0.15) is 15.7 Å². The molecule has 2 aromatic heterocycles. The van der Waals surface area contributed by atoms with Gasteiger partial charge < -0.3 is 10.1 Å². The van der Waals surface area contributed by atoms with Gasteiger partial charge in [-0.1, -0.05) is 62.4 Å². The minimum absolute atomic E-state index is 0.240. The number of anilines is 1. The Hall–Kier alpha value is -3.78. The highest BCUT2D eigenvalue weighted by Gasteiger charge is 2.24. The molecule has 2 heterocycles. The lowest BCUT2D eigenvalue weighted by Crippen LogP contribution is -2.32. The third kappa shape index (κ3) is 5.49. The highest BCUT2D eigenvalue weighted by molar-refractivity contribution is 7.20. The molecule has 192 valence electrons. The van der Waals surface area contributed by atoms with Crippen LogP contribution in [-0.2, 0) is 28.8 Å². The van der Waals surface area contributed by atoms with E-state index in [0.29, 0.717) is 27.1 Å². The SMILES string of the molecule is CCc1cccc(CC)c1NC(=O)C(C)n1cnc2sc(C(=O)OCCc3ccccc3)c(C)c2c1=O. The predicted molar refractivity (Wildman–Crippen MR) is 148 cm³/mol. The van der Waals surface area contributed by atoms with E-state index in [-0.39, 0.29) is 18.1 Å². The van der Waals surface area contributed by atoms with Crippen LogP contribution in [0.15, 0.2) is 59.7 Å². The van der Waals surface area contributed by atoms with Crippen molar-refractivity contribution in [1.29, 1.82) is 0 Å². The summed E-state index contributed by atoms with van der Waals surface area (Å²) in [4.78, 5) is 44.6. The molecule has 0 spiro atoms. The molecule has 1 unspecified atom stereocenters. The average molecular weight is 518 g/mol. The lowest BCUT2D eigenvalue weighted by molar-refractivity contribution is -0.118. The van der Waals surface area contributed by atoms with E-state index in [0.717, 1.165) is 46.6 Å². The maximum Gasteiger partial charge on any atom is 0.348 e. The van der Waals surface area contributed by atoms with Crippen molar-refractivity contribution >= 4 is 39.1 Å². The number of hydrogen-bond acceptors (Lipinski definition) is 6. The molecule has 0 bridgehead atoms. The van der Waals surface area contributed by atoms with Crippen molar-refractivity contribution in [3.63, 3.8) is 0 Å². The summed E-state index contributed by atoms with van der Waals surface area (Å²) in [6, 6.07) is 15.0. The topological polar surface area (TPSA) is 90.3 Å². The van der Waals surface area contributed by atoms with Crippen LogP contribution in [0.3, 0.4) is 0 Å². The zero-order valence-corrected chi connectivity index (χ0v) is 22.4. The molecule has 0 saturated carbocycles. The second-order valence-corrected chi connectivity index (χ2v) is 9.89. The molecule has 8 heteroatoms. The first-order valence-electron chi connectivity index (χ1n) is 12.5. The van der Waals surface area contributed by atoms with Gasteiger partial charge >= 0.3 is 5.97 Å². The van der Waals surface area contributed by atoms with Crippen molar-refractivity contribution in [3.8, 4) is 0 Å². The summed E-state index contributed by atoms with van der Waals surface area (Å²) in [7, 11) is 0. The number of nitrogens with one attached hydrogen (secondary N) is 1. The van der Waals surface area contributed by atoms with Crippen LogP contribution in [0.25, 0.3) is 10.2 Å². The number of fused-ring (bicyclic) bond motifs is 1. The molecular formula is C29H31N3O4S. The molecule has 0 aliphatic heterocycles. The molecule has 0 radical (unpaired) electrons. The molecule has 4 rings (SSSR count). The number of carbonyl (C=O) groups excluding carboxylic acids is 2. The van der Waals surface area contributed by atoms with Gasteiger partial charge in [0.25, 0.3) is 5.56 Å². The summed E-state index contributed by atoms with van der Waals surface area (Å²) >= 11 is 1.13. The van der Waals surface area contributed by atoms with Gasteiger partial charge in [0.2, 0.25) is 5.91 Å². The number of esters is 1. The van der Waals surface area contributed by atoms with Crippen LogP contribution in [0.2, 0.25) is 0 Å². The number of aryl methyl sites for hydroxylation is 3. The molecule has 1 N–H and O–H groups in total. The van der Waals surface area contributed by atoms with E-state index >= 15 is 0 Å². The van der Waals surface area contributed by atoms with E-state index in [1.54, 1.807) is 13.8 Å². The van der Waals surface area contributed by atoms with E-state index in [1.165, 1.54) is 10.9 Å². The molecule has 7 nitrogen and oxygen atoms in total. The number of hydrogen-bond donors (Lipinski definition) is 1. The highest BCUT2D eigenvalue weighted by atomic mass is 32.1. The maximum absolute atomic E-state index is 13.4. The third-order valence-electron chi connectivity index (χ3n) is 6.57. The molecule has 1 amide bonds. The minimum atomic E-state index is -0.792. The lowest BCUT2D eigenvalue weighted by atomic mass is 10.0. The predicted octanol–water partition coefficient (Wildman–Crippen LogP) is 5.49. The molecule has 2 aromatic carbocycles. The fourth-order valence-electron chi connectivity index (χ4n) is 4.34. The number of carbonyl (C=O) groups is 2. The Labute approximate surface area is 220 Å². The van der Waals surface area contributed by atoms with Crippen LogP contribution in [0, 0.1) is 6.92 Å². The smallest absolute Gasteiger partial charge is 0.348 e. The minimum Gasteiger partial charge on any atom is -0.461 e. The molecule has 0 aliphatic rings. The van der Waals surface area contributed by atoms with Crippen molar-refractivity contribution in [2.24, 2.45) is 0 Å². The van der Waals surface area contributed by atoms with Gasteiger partial charge in [-0.3, -0.25) is 14.2 Å².